The average molecular weight is 483 g/mol. The van der Waals surface area contributed by atoms with Crippen LogP contribution in [0.1, 0.15) is 23.2 Å². The van der Waals surface area contributed by atoms with Crippen molar-refractivity contribution in [1.29, 1.82) is 0 Å². The lowest BCUT2D eigenvalue weighted by Crippen LogP contribution is -2.32. The predicted octanol–water partition coefficient (Wildman–Crippen LogP) is 4.36. The fourth-order valence-electron chi connectivity index (χ4n) is 3.12. The number of ketones is 1. The van der Waals surface area contributed by atoms with Gasteiger partial charge < -0.3 is 9.64 Å². The quantitative estimate of drug-likeness (QED) is 0.334. The fourth-order valence-corrected chi connectivity index (χ4v) is 3.58. The van der Waals surface area contributed by atoms with E-state index in [0.717, 1.165) is 4.47 Å². The third-order valence-electron chi connectivity index (χ3n) is 4.65. The highest BCUT2D eigenvalue weighted by Crippen LogP contribution is 2.27. The van der Waals surface area contributed by atoms with Gasteiger partial charge in [0.1, 0.15) is 5.82 Å². The van der Waals surface area contributed by atoms with Crippen LogP contribution in [0.15, 0.2) is 53.0 Å². The largest absolute Gasteiger partial charge is 0.454 e. The Morgan fingerprint density at radius 1 is 1.17 bits per heavy atom. The lowest BCUT2D eigenvalue weighted by molar-refractivity contribution is -0.151. The first-order chi connectivity index (χ1) is 13.9. The second-order valence-corrected chi connectivity index (χ2v) is 7.95. The van der Waals surface area contributed by atoms with Crippen molar-refractivity contribution in [3.05, 3.63) is 64.4 Å². The molecule has 1 aliphatic heterocycles. The first-order valence-corrected chi connectivity index (χ1v) is 10.3. The monoisotopic (exact) mass is 481 g/mol. The molecular weight excluding hydrogens is 465 g/mol. The van der Waals surface area contributed by atoms with E-state index < -0.39 is 29.6 Å². The number of amides is 1. The number of hydrogen-bond acceptors (Lipinski definition) is 4. The van der Waals surface area contributed by atoms with Crippen LogP contribution < -0.4 is 4.90 Å². The molecule has 3 rings (SSSR count). The third-order valence-corrected chi connectivity index (χ3v) is 5.39. The second-order valence-electron chi connectivity index (χ2n) is 6.66. The number of nitrogens with zero attached hydrogens (tertiary/aromatic N) is 1. The van der Waals surface area contributed by atoms with E-state index in [2.05, 4.69) is 15.9 Å². The molecule has 1 heterocycles. The molecule has 1 fully saturated rings. The molecule has 0 aromatic heterocycles. The smallest absolute Gasteiger partial charge is 0.312 e. The zero-order valence-corrected chi connectivity index (χ0v) is 17.7. The van der Waals surface area contributed by atoms with Crippen LogP contribution in [-0.4, -0.2) is 36.2 Å². The maximum Gasteiger partial charge on any atom is 0.312 e. The van der Waals surface area contributed by atoms with Crippen LogP contribution >= 0.6 is 27.5 Å². The molecule has 0 radical (unpaired) electrons. The lowest BCUT2D eigenvalue weighted by Gasteiger charge is -2.19. The van der Waals surface area contributed by atoms with Crippen LogP contribution in [0.2, 0.25) is 0 Å². The van der Waals surface area contributed by atoms with Crippen molar-refractivity contribution >= 4 is 50.9 Å². The zero-order valence-electron chi connectivity index (χ0n) is 15.3. The Balaban J connectivity index is 1.68. The lowest BCUT2D eigenvalue weighted by atomic mass is 10.0. The standard InChI is InChI=1S/C21H18BrClFNO4/c22-15-3-7-17(8-4-15)25-12-14(11-19(25)26)21(28)29-18(9-10-23)20(27)13-1-5-16(24)6-2-13/h1-8,14,18H,9-12H2/t14-,18+/m1/s1. The summed E-state index contributed by atoms with van der Waals surface area (Å²) in [4.78, 5) is 39.2. The van der Waals surface area contributed by atoms with Crippen molar-refractivity contribution in [2.24, 2.45) is 5.92 Å². The number of esters is 1. The molecule has 5 nitrogen and oxygen atoms in total. The summed E-state index contributed by atoms with van der Waals surface area (Å²) in [5.74, 6) is -2.29. The number of ether oxygens (including phenoxy) is 1. The predicted molar refractivity (Wildman–Crippen MR) is 111 cm³/mol. The van der Waals surface area contributed by atoms with Gasteiger partial charge in [-0.15, -0.1) is 11.6 Å². The maximum atomic E-state index is 13.1. The molecule has 152 valence electrons. The van der Waals surface area contributed by atoms with E-state index in [4.69, 9.17) is 16.3 Å². The molecule has 2 aromatic carbocycles. The molecule has 0 aliphatic carbocycles. The van der Waals surface area contributed by atoms with Gasteiger partial charge in [0.25, 0.3) is 0 Å². The summed E-state index contributed by atoms with van der Waals surface area (Å²) in [5.41, 5.74) is 0.918. The summed E-state index contributed by atoms with van der Waals surface area (Å²) >= 11 is 9.11. The minimum absolute atomic E-state index is 0.00717. The van der Waals surface area contributed by atoms with Gasteiger partial charge in [0.05, 0.1) is 5.92 Å². The Morgan fingerprint density at radius 2 is 1.83 bits per heavy atom. The molecule has 29 heavy (non-hydrogen) atoms. The normalized spacial score (nSPS) is 17.3. The fraction of sp³-hybridized carbons (Fsp3) is 0.286. The summed E-state index contributed by atoms with van der Waals surface area (Å²) in [7, 11) is 0. The van der Waals surface area contributed by atoms with Crippen LogP contribution in [0.5, 0.6) is 0 Å². The Morgan fingerprint density at radius 3 is 2.45 bits per heavy atom. The highest BCUT2D eigenvalue weighted by atomic mass is 79.9. The van der Waals surface area contributed by atoms with E-state index in [1.54, 1.807) is 12.1 Å². The number of hydrogen-bond donors (Lipinski definition) is 0. The molecule has 0 bridgehead atoms. The van der Waals surface area contributed by atoms with Crippen molar-refractivity contribution in [2.75, 3.05) is 17.3 Å². The van der Waals surface area contributed by atoms with Crippen molar-refractivity contribution in [2.45, 2.75) is 18.9 Å². The molecule has 0 N–H and O–H groups in total. The van der Waals surface area contributed by atoms with Gasteiger partial charge in [-0.3, -0.25) is 14.4 Å². The average Bonchev–Trinajstić information content (AvgIpc) is 3.10. The number of anilines is 1. The molecule has 2 aromatic rings. The minimum atomic E-state index is -1.08. The maximum absolute atomic E-state index is 13.1. The number of alkyl halides is 1. The molecule has 1 aliphatic rings. The van der Waals surface area contributed by atoms with Gasteiger partial charge >= 0.3 is 5.97 Å². The van der Waals surface area contributed by atoms with Gasteiger partial charge in [-0.2, -0.15) is 0 Å². The molecule has 1 amide bonds. The number of benzene rings is 2. The number of carbonyl (C=O) groups is 3. The van der Waals surface area contributed by atoms with E-state index in [0.29, 0.717) is 5.69 Å². The number of Topliss-reactive ketones (excluding diaryl/α,β-unsaturated/α-hetero) is 1. The first-order valence-electron chi connectivity index (χ1n) is 9.01. The van der Waals surface area contributed by atoms with Gasteiger partial charge in [0, 0.05) is 41.0 Å². The third kappa shape index (κ3) is 5.22. The molecule has 8 heteroatoms. The second kappa shape index (κ2) is 9.50. The van der Waals surface area contributed by atoms with Crippen LogP contribution in [0, 0.1) is 11.7 Å². The van der Waals surface area contributed by atoms with E-state index >= 15 is 0 Å². The van der Waals surface area contributed by atoms with E-state index in [1.165, 1.54) is 29.2 Å². The molecule has 0 saturated carbocycles. The number of halogens is 3. The molecule has 2 atom stereocenters. The summed E-state index contributed by atoms with van der Waals surface area (Å²) < 4.78 is 19.4. The topological polar surface area (TPSA) is 63.7 Å². The van der Waals surface area contributed by atoms with Crippen LogP contribution in [0.4, 0.5) is 10.1 Å². The molecular formula is C21H18BrClFNO4. The van der Waals surface area contributed by atoms with Crippen LogP contribution in [0.25, 0.3) is 0 Å². The zero-order chi connectivity index (χ0) is 21.0. The van der Waals surface area contributed by atoms with Crippen molar-refractivity contribution in [3.63, 3.8) is 0 Å². The highest BCUT2D eigenvalue weighted by molar-refractivity contribution is 9.10. The van der Waals surface area contributed by atoms with E-state index in [9.17, 15) is 18.8 Å². The number of carbonyl (C=O) groups excluding carboxylic acids is 3. The SMILES string of the molecule is O=C(O[C@@H](CCCl)C(=O)c1ccc(F)cc1)[C@@H]1CC(=O)N(c2ccc(Br)cc2)C1. The van der Waals surface area contributed by atoms with Gasteiger partial charge in [0.15, 0.2) is 6.10 Å². The minimum Gasteiger partial charge on any atom is -0.454 e. The van der Waals surface area contributed by atoms with Crippen molar-refractivity contribution in [3.8, 4) is 0 Å². The van der Waals surface area contributed by atoms with Crippen LogP contribution in [-0.2, 0) is 14.3 Å². The van der Waals surface area contributed by atoms with Gasteiger partial charge in [-0.05, 0) is 48.5 Å². The highest BCUT2D eigenvalue weighted by Gasteiger charge is 2.38. The summed E-state index contributed by atoms with van der Waals surface area (Å²) in [6, 6.07) is 12.2. The van der Waals surface area contributed by atoms with Crippen molar-refractivity contribution < 1.29 is 23.5 Å². The Kier molecular flexibility index (Phi) is 7.03. The Labute approximate surface area is 180 Å². The van der Waals surface area contributed by atoms with Gasteiger partial charge in [-0.1, -0.05) is 15.9 Å². The number of rotatable bonds is 7. The summed E-state index contributed by atoms with van der Waals surface area (Å²) in [6.45, 7) is 0.178. The van der Waals surface area contributed by atoms with Gasteiger partial charge in [-0.25, -0.2) is 4.39 Å². The Bertz CT molecular complexity index is 904. The molecule has 1 saturated heterocycles. The summed E-state index contributed by atoms with van der Waals surface area (Å²) in [5, 5.41) is 0. The molecule has 0 unspecified atom stereocenters. The van der Waals surface area contributed by atoms with Crippen molar-refractivity contribution in [1.82, 2.24) is 0 Å². The Hall–Kier alpha value is -2.25. The van der Waals surface area contributed by atoms with E-state index in [-0.39, 0.29) is 36.7 Å². The molecule has 0 spiro atoms. The first kappa shape index (κ1) is 21.5. The van der Waals surface area contributed by atoms with Crippen LogP contribution in [0.3, 0.4) is 0 Å². The summed E-state index contributed by atoms with van der Waals surface area (Å²) in [6.07, 6.45) is -0.948. The van der Waals surface area contributed by atoms with Gasteiger partial charge in [0.2, 0.25) is 11.7 Å². The van der Waals surface area contributed by atoms with E-state index in [1.807, 2.05) is 12.1 Å².